The topological polar surface area (TPSA) is 308 Å². The van der Waals surface area contributed by atoms with Crippen LogP contribution in [0.3, 0.4) is 0 Å². The van der Waals surface area contributed by atoms with Crippen molar-refractivity contribution in [3.63, 3.8) is 0 Å². The number of carbonyl (C=O) groups excluding carboxylic acids is 1. The van der Waals surface area contributed by atoms with Crippen molar-refractivity contribution in [2.24, 2.45) is 11.5 Å². The lowest BCUT2D eigenvalue weighted by Gasteiger charge is -2.05. The molecule has 0 radical (unpaired) electrons. The highest BCUT2D eigenvalue weighted by Crippen LogP contribution is 1.92. The molecule has 0 bridgehead atoms. The highest BCUT2D eigenvalue weighted by atomic mass is 16.4. The number of hydrogen-bond acceptors (Lipinski definition) is 9. The van der Waals surface area contributed by atoms with E-state index in [1.807, 2.05) is 0 Å². The second kappa shape index (κ2) is 17.6. The summed E-state index contributed by atoms with van der Waals surface area (Å²) in [6.07, 6.45) is -4.25. The smallest absolute Gasteiger partial charge is 0.333 e. The van der Waals surface area contributed by atoms with Gasteiger partial charge in [-0.15, -0.1) is 0 Å². The van der Waals surface area contributed by atoms with E-state index >= 15 is 0 Å². The normalized spacial score (nSPS) is 12.4. The van der Waals surface area contributed by atoms with Gasteiger partial charge in [-0.3, -0.25) is 14.4 Å². The molecule has 30 heavy (non-hydrogen) atoms. The highest BCUT2D eigenvalue weighted by molar-refractivity contribution is 5.79. The Labute approximate surface area is 168 Å². The molecule has 0 aliphatic heterocycles. The van der Waals surface area contributed by atoms with E-state index in [1.165, 1.54) is 0 Å². The molecule has 16 heteroatoms. The molecule has 0 aromatic heterocycles. The van der Waals surface area contributed by atoms with Gasteiger partial charge in [-0.2, -0.15) is 0 Å². The lowest BCUT2D eigenvalue weighted by Crippen LogP contribution is -2.33. The Morgan fingerprint density at radius 2 is 1.10 bits per heavy atom. The summed E-state index contributed by atoms with van der Waals surface area (Å²) in [6, 6.07) is -1.47. The fourth-order valence-corrected chi connectivity index (χ4v) is 1.16. The van der Waals surface area contributed by atoms with Crippen molar-refractivity contribution >= 4 is 35.9 Å². The first-order valence-electron chi connectivity index (χ1n) is 7.88. The predicted molar refractivity (Wildman–Crippen MR) is 94.2 cm³/mol. The van der Waals surface area contributed by atoms with E-state index in [-0.39, 0.29) is 0 Å². The van der Waals surface area contributed by atoms with Crippen molar-refractivity contribution in [2.45, 2.75) is 43.9 Å². The molecule has 16 nitrogen and oxygen atoms in total. The number of urea groups is 1. The Kier molecular flexibility index (Phi) is 18.3. The quantitative estimate of drug-likeness (QED) is 0.140. The third-order valence-electron chi connectivity index (χ3n) is 2.61. The Morgan fingerprint density at radius 1 is 0.733 bits per heavy atom. The summed E-state index contributed by atoms with van der Waals surface area (Å²) in [4.78, 5) is 59.2. The fourth-order valence-electron chi connectivity index (χ4n) is 1.16. The Bertz CT molecular complexity index is 564. The van der Waals surface area contributed by atoms with Crippen LogP contribution in [0.5, 0.6) is 0 Å². The van der Waals surface area contributed by atoms with E-state index in [4.69, 9.17) is 47.2 Å². The molecular formula is C14H25N3O13. The van der Waals surface area contributed by atoms with Gasteiger partial charge in [-0.1, -0.05) is 0 Å². The Balaban J connectivity index is -0.000000371. The van der Waals surface area contributed by atoms with Crippen LogP contribution in [0, 0.1) is 0 Å². The second-order valence-corrected chi connectivity index (χ2v) is 5.28. The summed E-state index contributed by atoms with van der Waals surface area (Å²) in [5.41, 5.74) is 9.96. The van der Waals surface area contributed by atoms with Crippen LogP contribution >= 0.6 is 0 Å². The fraction of sp³-hybridized carbons (Fsp3) is 0.571. The highest BCUT2D eigenvalue weighted by Gasteiger charge is 2.16. The van der Waals surface area contributed by atoms with E-state index < -0.39 is 67.0 Å². The van der Waals surface area contributed by atoms with Gasteiger partial charge in [-0.05, 0) is 12.8 Å². The molecule has 0 saturated carbocycles. The maximum atomic E-state index is 10.2. The molecule has 0 aliphatic carbocycles. The lowest BCUT2D eigenvalue weighted by atomic mass is 10.2. The third-order valence-corrected chi connectivity index (χ3v) is 2.61. The van der Waals surface area contributed by atoms with Crippen LogP contribution in [0.1, 0.15) is 25.7 Å². The molecule has 0 spiro atoms. The van der Waals surface area contributed by atoms with Gasteiger partial charge in [0.25, 0.3) is 0 Å². The maximum Gasteiger partial charge on any atom is 0.333 e. The minimum Gasteiger partial charge on any atom is -0.481 e. The number of aliphatic hydroxyl groups is 2. The summed E-state index contributed by atoms with van der Waals surface area (Å²) in [5.74, 6) is -6.72. The van der Waals surface area contributed by atoms with Gasteiger partial charge in [-0.25, -0.2) is 14.4 Å². The SMILES string of the molecule is NC(=O)NCCC[C@H](N)C(=O)O.O=C(O)CC(O)C(=O)O.O=C(O)CC(O)C(=O)O. The minimum absolute atomic E-state index is 0.329. The number of aliphatic carboxylic acids is 5. The zero-order valence-corrected chi connectivity index (χ0v) is 15.5. The molecule has 0 heterocycles. The summed E-state index contributed by atoms with van der Waals surface area (Å²) >= 11 is 0. The molecule has 2 amide bonds. The van der Waals surface area contributed by atoms with Crippen LogP contribution in [-0.2, 0) is 24.0 Å². The van der Waals surface area contributed by atoms with E-state index in [0.717, 1.165) is 0 Å². The molecule has 0 rings (SSSR count). The molecule has 0 saturated heterocycles. The second-order valence-electron chi connectivity index (χ2n) is 5.28. The summed E-state index contributed by atoms with van der Waals surface area (Å²) in [6.45, 7) is 0.357. The zero-order chi connectivity index (χ0) is 24.4. The number of aliphatic hydroxyl groups excluding tert-OH is 2. The molecule has 0 aromatic carbocycles. The summed E-state index contributed by atoms with van der Waals surface area (Å²) < 4.78 is 0. The van der Waals surface area contributed by atoms with Crippen LogP contribution < -0.4 is 16.8 Å². The molecule has 0 fully saturated rings. The van der Waals surface area contributed by atoms with Gasteiger partial charge in [0, 0.05) is 6.54 Å². The minimum atomic E-state index is -1.79. The van der Waals surface area contributed by atoms with Crippen molar-refractivity contribution < 1.29 is 64.5 Å². The number of nitrogens with two attached hydrogens (primary N) is 2. The molecule has 3 atom stereocenters. The molecule has 0 aliphatic rings. The number of carbonyl (C=O) groups is 6. The summed E-state index contributed by atoms with van der Waals surface area (Å²) in [5, 5.41) is 59.0. The van der Waals surface area contributed by atoms with Gasteiger partial charge < -0.3 is 52.5 Å². The number of carboxylic acids is 5. The van der Waals surface area contributed by atoms with Crippen molar-refractivity contribution in [1.82, 2.24) is 5.32 Å². The molecule has 2 unspecified atom stereocenters. The van der Waals surface area contributed by atoms with E-state index in [9.17, 15) is 28.8 Å². The van der Waals surface area contributed by atoms with Crippen molar-refractivity contribution in [1.29, 1.82) is 0 Å². The number of primary amides is 1. The average molecular weight is 443 g/mol. The molecular weight excluding hydrogens is 418 g/mol. The molecule has 0 aromatic rings. The van der Waals surface area contributed by atoms with Crippen molar-refractivity contribution in [3.05, 3.63) is 0 Å². The number of nitrogens with one attached hydrogen (secondary N) is 1. The molecule has 12 N–H and O–H groups in total. The van der Waals surface area contributed by atoms with Crippen molar-refractivity contribution in [2.75, 3.05) is 6.54 Å². The largest absolute Gasteiger partial charge is 0.481 e. The van der Waals surface area contributed by atoms with Gasteiger partial charge in [0.05, 0.1) is 12.8 Å². The number of amides is 2. The van der Waals surface area contributed by atoms with Gasteiger partial charge in [0.15, 0.2) is 12.2 Å². The van der Waals surface area contributed by atoms with E-state index in [2.05, 4.69) is 5.32 Å². The first-order valence-corrected chi connectivity index (χ1v) is 7.88. The zero-order valence-electron chi connectivity index (χ0n) is 15.5. The Morgan fingerprint density at radius 3 is 1.30 bits per heavy atom. The Hall–Kier alpha value is -3.50. The first-order chi connectivity index (χ1) is 13.6. The summed E-state index contributed by atoms with van der Waals surface area (Å²) in [7, 11) is 0. The number of carboxylic acid groups (broad SMARTS) is 5. The predicted octanol–water partition coefficient (Wildman–Crippen LogP) is -3.34. The first kappa shape index (κ1) is 31.2. The molecule has 174 valence electrons. The lowest BCUT2D eigenvalue weighted by molar-refractivity contribution is -0.153. The maximum absolute atomic E-state index is 10.2. The van der Waals surface area contributed by atoms with Crippen LogP contribution in [0.25, 0.3) is 0 Å². The van der Waals surface area contributed by atoms with Gasteiger partial charge in [0.1, 0.15) is 6.04 Å². The van der Waals surface area contributed by atoms with E-state index in [1.54, 1.807) is 0 Å². The van der Waals surface area contributed by atoms with Crippen LogP contribution in [0.15, 0.2) is 0 Å². The van der Waals surface area contributed by atoms with Gasteiger partial charge in [0.2, 0.25) is 0 Å². The average Bonchev–Trinajstić information content (AvgIpc) is 2.58. The monoisotopic (exact) mass is 443 g/mol. The van der Waals surface area contributed by atoms with Gasteiger partial charge >= 0.3 is 35.9 Å². The number of rotatable bonds is 11. The standard InChI is InChI=1S/C6H13N3O3.2C4H6O5/c7-4(5(10)11)2-1-3-9-6(8)12;2*5-2(4(8)9)1-3(6)7/h4H,1-3,7H2,(H,10,11)(H3,8,9,12);2*2,5H,1H2,(H,6,7)(H,8,9)/t4-;;/m0../s1. The van der Waals surface area contributed by atoms with Crippen LogP contribution in [0.4, 0.5) is 4.79 Å². The van der Waals surface area contributed by atoms with Crippen LogP contribution in [-0.4, -0.2) is 96.4 Å². The van der Waals surface area contributed by atoms with E-state index in [0.29, 0.717) is 19.4 Å². The number of hydrogen-bond donors (Lipinski definition) is 10. The van der Waals surface area contributed by atoms with Crippen molar-refractivity contribution in [3.8, 4) is 0 Å². The third kappa shape index (κ3) is 24.5. The van der Waals surface area contributed by atoms with Crippen LogP contribution in [0.2, 0.25) is 0 Å².